The van der Waals surface area contributed by atoms with Crippen LogP contribution in [0.5, 0.6) is 5.75 Å². The van der Waals surface area contributed by atoms with E-state index in [0.717, 1.165) is 19.4 Å². The van der Waals surface area contributed by atoms with Gasteiger partial charge in [0.15, 0.2) is 0 Å². The van der Waals surface area contributed by atoms with Crippen LogP contribution in [0.4, 0.5) is 0 Å². The van der Waals surface area contributed by atoms with Crippen molar-refractivity contribution in [3.8, 4) is 5.75 Å². The number of nitrogens with one attached hydrogen (secondary N) is 1. The van der Waals surface area contributed by atoms with Gasteiger partial charge in [0.2, 0.25) is 0 Å². The standard InChI is InChI=1S/C14H21NO3/c1-3-9-18-10-5-8-15-14(17)12-7-4-6-11(2)13(12)16/h4,6-7,16H,3,5,8-10H2,1-2H3,(H,15,17). The molecule has 4 nitrogen and oxygen atoms in total. The predicted molar refractivity (Wildman–Crippen MR) is 70.9 cm³/mol. The van der Waals surface area contributed by atoms with Gasteiger partial charge >= 0.3 is 0 Å². The molecule has 0 aromatic heterocycles. The molecule has 0 fully saturated rings. The van der Waals surface area contributed by atoms with Crippen LogP contribution < -0.4 is 5.32 Å². The lowest BCUT2D eigenvalue weighted by atomic mass is 10.1. The van der Waals surface area contributed by atoms with Crippen LogP contribution in [0.25, 0.3) is 0 Å². The molecule has 1 aromatic rings. The highest BCUT2D eigenvalue weighted by Crippen LogP contribution is 2.20. The number of carbonyl (C=O) groups is 1. The zero-order valence-corrected chi connectivity index (χ0v) is 11.0. The van der Waals surface area contributed by atoms with Gasteiger partial charge < -0.3 is 15.2 Å². The van der Waals surface area contributed by atoms with Gasteiger partial charge in [0, 0.05) is 19.8 Å². The Balaban J connectivity index is 2.35. The monoisotopic (exact) mass is 251 g/mol. The normalized spacial score (nSPS) is 10.3. The SMILES string of the molecule is CCCOCCCNC(=O)c1cccc(C)c1O. The van der Waals surface area contributed by atoms with E-state index >= 15 is 0 Å². The summed E-state index contributed by atoms with van der Waals surface area (Å²) >= 11 is 0. The van der Waals surface area contributed by atoms with Gasteiger partial charge in [-0.15, -0.1) is 0 Å². The second-order valence-electron chi connectivity index (χ2n) is 4.19. The summed E-state index contributed by atoms with van der Waals surface area (Å²) in [7, 11) is 0. The fourth-order valence-corrected chi connectivity index (χ4v) is 1.56. The Labute approximate surface area is 108 Å². The minimum absolute atomic E-state index is 0.0530. The minimum atomic E-state index is -0.244. The Morgan fingerprint density at radius 1 is 1.39 bits per heavy atom. The molecule has 0 radical (unpaired) electrons. The van der Waals surface area contributed by atoms with E-state index in [9.17, 15) is 9.90 Å². The van der Waals surface area contributed by atoms with Crippen molar-refractivity contribution in [3.63, 3.8) is 0 Å². The number of aryl methyl sites for hydroxylation is 1. The molecule has 0 aliphatic heterocycles. The quantitative estimate of drug-likeness (QED) is 0.731. The van der Waals surface area contributed by atoms with Crippen LogP contribution in [-0.4, -0.2) is 30.8 Å². The minimum Gasteiger partial charge on any atom is -0.507 e. The molecule has 2 N–H and O–H groups in total. The molecule has 0 atom stereocenters. The van der Waals surface area contributed by atoms with Crippen LogP contribution in [0.2, 0.25) is 0 Å². The van der Waals surface area contributed by atoms with Crippen molar-refractivity contribution in [3.05, 3.63) is 29.3 Å². The number of benzene rings is 1. The molecular formula is C14H21NO3. The van der Waals surface area contributed by atoms with Crippen molar-refractivity contribution in [2.24, 2.45) is 0 Å². The Morgan fingerprint density at radius 3 is 2.89 bits per heavy atom. The number of hydrogen-bond acceptors (Lipinski definition) is 3. The average molecular weight is 251 g/mol. The molecule has 0 aliphatic carbocycles. The second kappa shape index (κ2) is 7.71. The van der Waals surface area contributed by atoms with E-state index in [2.05, 4.69) is 12.2 Å². The molecular weight excluding hydrogens is 230 g/mol. The van der Waals surface area contributed by atoms with Crippen LogP contribution in [0, 0.1) is 6.92 Å². The highest BCUT2D eigenvalue weighted by atomic mass is 16.5. The van der Waals surface area contributed by atoms with Gasteiger partial charge in [0.1, 0.15) is 5.75 Å². The number of rotatable bonds is 7. The van der Waals surface area contributed by atoms with Gasteiger partial charge in [-0.05, 0) is 31.4 Å². The fourth-order valence-electron chi connectivity index (χ4n) is 1.56. The largest absolute Gasteiger partial charge is 0.507 e. The number of para-hydroxylation sites is 1. The van der Waals surface area contributed by atoms with Crippen LogP contribution in [0.15, 0.2) is 18.2 Å². The third-order valence-electron chi connectivity index (χ3n) is 2.58. The Morgan fingerprint density at radius 2 is 2.17 bits per heavy atom. The van der Waals surface area contributed by atoms with E-state index in [0.29, 0.717) is 24.3 Å². The lowest BCUT2D eigenvalue weighted by molar-refractivity contribution is 0.0938. The molecule has 0 aliphatic rings. The van der Waals surface area contributed by atoms with Crippen molar-refractivity contribution >= 4 is 5.91 Å². The summed E-state index contributed by atoms with van der Waals surface area (Å²) in [5.41, 5.74) is 1.03. The highest BCUT2D eigenvalue weighted by Gasteiger charge is 2.11. The third-order valence-corrected chi connectivity index (χ3v) is 2.58. The summed E-state index contributed by atoms with van der Waals surface area (Å²) in [5, 5.41) is 12.5. The van der Waals surface area contributed by atoms with E-state index in [4.69, 9.17) is 4.74 Å². The number of amides is 1. The highest BCUT2D eigenvalue weighted by molar-refractivity contribution is 5.97. The van der Waals surface area contributed by atoms with Crippen molar-refractivity contribution < 1.29 is 14.6 Å². The molecule has 0 saturated carbocycles. The van der Waals surface area contributed by atoms with Gasteiger partial charge in [0.05, 0.1) is 5.56 Å². The van der Waals surface area contributed by atoms with E-state index in [1.807, 2.05) is 0 Å². The first kappa shape index (κ1) is 14.5. The number of hydrogen-bond donors (Lipinski definition) is 2. The van der Waals surface area contributed by atoms with Crippen molar-refractivity contribution in [1.29, 1.82) is 0 Å². The maximum absolute atomic E-state index is 11.8. The summed E-state index contributed by atoms with van der Waals surface area (Å²) in [6.07, 6.45) is 1.78. The lowest BCUT2D eigenvalue weighted by Crippen LogP contribution is -2.25. The van der Waals surface area contributed by atoms with Crippen LogP contribution in [-0.2, 0) is 4.74 Å². The van der Waals surface area contributed by atoms with Gasteiger partial charge in [-0.1, -0.05) is 19.1 Å². The van der Waals surface area contributed by atoms with Crippen LogP contribution in [0.3, 0.4) is 0 Å². The molecule has 100 valence electrons. The van der Waals surface area contributed by atoms with Gasteiger partial charge in [-0.2, -0.15) is 0 Å². The number of phenols is 1. The van der Waals surface area contributed by atoms with Crippen molar-refractivity contribution in [2.75, 3.05) is 19.8 Å². The number of ether oxygens (including phenoxy) is 1. The molecule has 1 amide bonds. The van der Waals surface area contributed by atoms with Crippen molar-refractivity contribution in [1.82, 2.24) is 5.32 Å². The fraction of sp³-hybridized carbons (Fsp3) is 0.500. The summed E-state index contributed by atoms with van der Waals surface area (Å²) in [4.78, 5) is 11.8. The molecule has 4 heteroatoms. The van der Waals surface area contributed by atoms with Crippen LogP contribution in [0.1, 0.15) is 35.7 Å². The number of carbonyl (C=O) groups excluding carboxylic acids is 1. The average Bonchev–Trinajstić information content (AvgIpc) is 2.36. The molecule has 0 saturated heterocycles. The van der Waals surface area contributed by atoms with Gasteiger partial charge in [0.25, 0.3) is 5.91 Å². The maximum Gasteiger partial charge on any atom is 0.255 e. The van der Waals surface area contributed by atoms with Crippen LogP contribution >= 0.6 is 0 Å². The first-order valence-corrected chi connectivity index (χ1v) is 6.31. The number of phenolic OH excluding ortho intramolecular Hbond substituents is 1. The molecule has 0 unspecified atom stereocenters. The summed E-state index contributed by atoms with van der Waals surface area (Å²) in [6, 6.07) is 5.14. The first-order chi connectivity index (χ1) is 8.66. The Kier molecular flexibility index (Phi) is 6.22. The van der Waals surface area contributed by atoms with Gasteiger partial charge in [-0.25, -0.2) is 0 Å². The molecule has 1 aromatic carbocycles. The zero-order valence-electron chi connectivity index (χ0n) is 11.0. The van der Waals surface area contributed by atoms with E-state index in [1.165, 1.54) is 0 Å². The molecule has 0 bridgehead atoms. The smallest absolute Gasteiger partial charge is 0.255 e. The third kappa shape index (κ3) is 4.37. The summed E-state index contributed by atoms with van der Waals surface area (Å²) < 4.78 is 5.31. The summed E-state index contributed by atoms with van der Waals surface area (Å²) in [5.74, 6) is -0.191. The first-order valence-electron chi connectivity index (χ1n) is 6.31. The predicted octanol–water partition coefficient (Wildman–Crippen LogP) is 2.25. The van der Waals surface area contributed by atoms with E-state index in [1.54, 1.807) is 25.1 Å². The molecule has 0 spiro atoms. The topological polar surface area (TPSA) is 58.6 Å². The molecule has 0 heterocycles. The Hall–Kier alpha value is -1.55. The molecule has 1 rings (SSSR count). The Bertz CT molecular complexity index is 391. The van der Waals surface area contributed by atoms with E-state index in [-0.39, 0.29) is 11.7 Å². The number of aromatic hydroxyl groups is 1. The zero-order chi connectivity index (χ0) is 13.4. The summed E-state index contributed by atoms with van der Waals surface area (Å²) in [6.45, 7) is 5.78. The maximum atomic E-state index is 11.8. The van der Waals surface area contributed by atoms with Gasteiger partial charge in [-0.3, -0.25) is 4.79 Å². The lowest BCUT2D eigenvalue weighted by Gasteiger charge is -2.08. The molecule has 18 heavy (non-hydrogen) atoms. The van der Waals surface area contributed by atoms with E-state index < -0.39 is 0 Å². The second-order valence-corrected chi connectivity index (χ2v) is 4.19. The van der Waals surface area contributed by atoms with Crippen molar-refractivity contribution in [2.45, 2.75) is 26.7 Å².